The Morgan fingerprint density at radius 3 is 1.83 bits per heavy atom. The summed E-state index contributed by atoms with van der Waals surface area (Å²) in [6.07, 6.45) is 15.5. The lowest BCUT2D eigenvalue weighted by Gasteiger charge is -2.56. The Bertz CT molecular complexity index is 538. The van der Waals surface area contributed by atoms with Crippen LogP contribution in [0.25, 0.3) is 0 Å². The molecule has 0 saturated heterocycles. The monoisotopic (exact) mass is 418 g/mol. The van der Waals surface area contributed by atoms with E-state index in [0.29, 0.717) is 22.3 Å². The van der Waals surface area contributed by atoms with Crippen molar-refractivity contribution < 1.29 is 4.74 Å². The number of ether oxygens (including phenoxy) is 1. The highest BCUT2D eigenvalue weighted by atomic mass is 16.5. The predicted molar refractivity (Wildman–Crippen MR) is 131 cm³/mol. The molecule has 0 spiro atoms. The Balaban J connectivity index is 1.72. The molecule has 0 aromatic carbocycles. The highest BCUT2D eigenvalue weighted by molar-refractivity contribution is 5.06. The summed E-state index contributed by atoms with van der Waals surface area (Å²) in [5, 5.41) is 0. The Kier molecular flexibility index (Phi) is 7.15. The second-order valence-corrected chi connectivity index (χ2v) is 13.7. The highest BCUT2D eigenvalue weighted by Crippen LogP contribution is 2.64. The van der Waals surface area contributed by atoms with Crippen LogP contribution in [0.5, 0.6) is 0 Å². The highest BCUT2D eigenvalue weighted by Gasteiger charge is 2.58. The average Bonchev–Trinajstić information content (AvgIpc) is 3.16. The minimum atomic E-state index is 0.222. The summed E-state index contributed by atoms with van der Waals surface area (Å²) in [5.74, 6) is 3.48. The van der Waals surface area contributed by atoms with Gasteiger partial charge in [-0.2, -0.15) is 0 Å². The molecule has 3 rings (SSSR count). The fraction of sp³-hybridized carbons (Fsp3) is 1.00. The van der Waals surface area contributed by atoms with E-state index in [1.54, 1.807) is 0 Å². The summed E-state index contributed by atoms with van der Waals surface area (Å²) < 4.78 is 7.08. The summed E-state index contributed by atoms with van der Waals surface area (Å²) in [6.45, 7) is 22.4. The van der Waals surface area contributed by atoms with Crippen LogP contribution in [0.2, 0.25) is 0 Å². The van der Waals surface area contributed by atoms with E-state index in [0.717, 1.165) is 23.7 Å². The van der Waals surface area contributed by atoms with Crippen molar-refractivity contribution >= 4 is 0 Å². The van der Waals surface area contributed by atoms with Crippen LogP contribution < -0.4 is 0 Å². The molecule has 0 amide bonds. The van der Waals surface area contributed by atoms with Crippen LogP contribution in [-0.4, -0.2) is 11.7 Å². The van der Waals surface area contributed by atoms with Gasteiger partial charge in [0.1, 0.15) is 0 Å². The number of rotatable bonds is 9. The van der Waals surface area contributed by atoms with Gasteiger partial charge in [0.15, 0.2) is 0 Å². The van der Waals surface area contributed by atoms with E-state index in [4.69, 9.17) is 4.74 Å². The van der Waals surface area contributed by atoms with Crippen molar-refractivity contribution in [3.05, 3.63) is 0 Å². The summed E-state index contributed by atoms with van der Waals surface area (Å²) >= 11 is 0. The molecule has 4 atom stereocenters. The van der Waals surface area contributed by atoms with E-state index in [1.165, 1.54) is 70.6 Å². The SMILES string of the molecule is CCC(C1CC1CC(OC1(CC)CCCC1)C1CCC1)C(C)(C(C)(C)C)C(C)(C)C. The largest absolute Gasteiger partial charge is 0.371 e. The summed E-state index contributed by atoms with van der Waals surface area (Å²) in [6, 6.07) is 0. The molecule has 0 radical (unpaired) electrons. The first-order chi connectivity index (χ1) is 13.9. The van der Waals surface area contributed by atoms with Crippen LogP contribution in [0.1, 0.15) is 133 Å². The zero-order chi connectivity index (χ0) is 22.4. The third-order valence-electron chi connectivity index (χ3n) is 10.6. The molecule has 3 aliphatic rings. The lowest BCUT2D eigenvalue weighted by Crippen LogP contribution is -2.50. The van der Waals surface area contributed by atoms with Gasteiger partial charge in [0.05, 0.1) is 11.7 Å². The maximum absolute atomic E-state index is 7.08. The van der Waals surface area contributed by atoms with Crippen molar-refractivity contribution in [1.29, 1.82) is 0 Å². The van der Waals surface area contributed by atoms with Crippen molar-refractivity contribution in [1.82, 2.24) is 0 Å². The summed E-state index contributed by atoms with van der Waals surface area (Å²) in [5.41, 5.74) is 1.20. The van der Waals surface area contributed by atoms with Crippen molar-refractivity contribution in [3.8, 4) is 0 Å². The van der Waals surface area contributed by atoms with Gasteiger partial charge in [-0.1, -0.05) is 88.0 Å². The maximum atomic E-state index is 7.08. The summed E-state index contributed by atoms with van der Waals surface area (Å²) in [4.78, 5) is 0. The first kappa shape index (κ1) is 24.6. The molecule has 1 nitrogen and oxygen atoms in total. The quantitative estimate of drug-likeness (QED) is 0.363. The molecule has 0 aromatic rings. The van der Waals surface area contributed by atoms with Crippen LogP contribution in [0.15, 0.2) is 0 Å². The molecule has 30 heavy (non-hydrogen) atoms. The first-order valence-electron chi connectivity index (χ1n) is 13.6. The molecule has 0 bridgehead atoms. The normalized spacial score (nSPS) is 29.5. The Hall–Kier alpha value is -0.0400. The van der Waals surface area contributed by atoms with Gasteiger partial charge in [0, 0.05) is 0 Å². The second kappa shape index (κ2) is 8.72. The van der Waals surface area contributed by atoms with E-state index in [-0.39, 0.29) is 5.60 Å². The molecular formula is C29H54O. The third kappa shape index (κ3) is 4.53. The Morgan fingerprint density at radius 2 is 1.43 bits per heavy atom. The molecule has 4 unspecified atom stereocenters. The molecule has 3 fully saturated rings. The van der Waals surface area contributed by atoms with Gasteiger partial charge < -0.3 is 4.74 Å². The van der Waals surface area contributed by atoms with Crippen molar-refractivity contribution in [2.75, 3.05) is 0 Å². The van der Waals surface area contributed by atoms with Crippen LogP contribution >= 0.6 is 0 Å². The first-order valence-corrected chi connectivity index (χ1v) is 13.6. The molecule has 0 aliphatic heterocycles. The van der Waals surface area contributed by atoms with Gasteiger partial charge in [-0.3, -0.25) is 0 Å². The molecule has 1 heteroatoms. The number of hydrogen-bond donors (Lipinski definition) is 0. The van der Waals surface area contributed by atoms with Gasteiger partial charge in [0.2, 0.25) is 0 Å². The van der Waals surface area contributed by atoms with Crippen molar-refractivity contribution in [3.63, 3.8) is 0 Å². The minimum absolute atomic E-state index is 0.222. The molecule has 3 aliphatic carbocycles. The van der Waals surface area contributed by atoms with E-state index >= 15 is 0 Å². The van der Waals surface area contributed by atoms with Crippen LogP contribution in [0.3, 0.4) is 0 Å². The molecule has 0 aromatic heterocycles. The summed E-state index contributed by atoms with van der Waals surface area (Å²) in [7, 11) is 0. The lowest BCUT2D eigenvalue weighted by atomic mass is 9.48. The Morgan fingerprint density at radius 1 is 0.867 bits per heavy atom. The van der Waals surface area contributed by atoms with Gasteiger partial charge in [-0.15, -0.1) is 0 Å². The molecule has 176 valence electrons. The smallest absolute Gasteiger partial charge is 0.0683 e. The van der Waals surface area contributed by atoms with Crippen molar-refractivity contribution in [2.45, 2.75) is 145 Å². The van der Waals surface area contributed by atoms with Crippen LogP contribution in [-0.2, 0) is 4.74 Å². The molecule has 3 saturated carbocycles. The maximum Gasteiger partial charge on any atom is 0.0683 e. The standard InChI is InChI=1S/C29H54O/c1-10-24(28(9,26(3,4)5)27(6,7)8)23-19-22(23)20-25(21-15-14-16-21)30-29(11-2)17-12-13-18-29/h21-25H,10-20H2,1-9H3. The van der Waals surface area contributed by atoms with E-state index < -0.39 is 0 Å². The van der Waals surface area contributed by atoms with Gasteiger partial charge in [-0.25, -0.2) is 0 Å². The van der Waals surface area contributed by atoms with E-state index in [9.17, 15) is 0 Å². The van der Waals surface area contributed by atoms with Crippen molar-refractivity contribution in [2.24, 2.45) is 39.9 Å². The van der Waals surface area contributed by atoms with E-state index in [1.807, 2.05) is 0 Å². The lowest BCUT2D eigenvalue weighted by molar-refractivity contribution is -0.132. The van der Waals surface area contributed by atoms with Gasteiger partial charge in [0.25, 0.3) is 0 Å². The second-order valence-electron chi connectivity index (χ2n) is 13.7. The molecular weight excluding hydrogens is 364 g/mol. The Labute approximate surface area is 189 Å². The zero-order valence-corrected chi connectivity index (χ0v) is 22.1. The average molecular weight is 419 g/mol. The molecule has 0 heterocycles. The predicted octanol–water partition coefficient (Wildman–Crippen LogP) is 9.05. The van der Waals surface area contributed by atoms with Crippen LogP contribution in [0.4, 0.5) is 0 Å². The fourth-order valence-corrected chi connectivity index (χ4v) is 7.75. The zero-order valence-electron chi connectivity index (χ0n) is 22.1. The fourth-order valence-electron chi connectivity index (χ4n) is 7.75. The topological polar surface area (TPSA) is 9.23 Å². The third-order valence-corrected chi connectivity index (χ3v) is 10.6. The minimum Gasteiger partial charge on any atom is -0.371 e. The number of hydrogen-bond acceptors (Lipinski definition) is 1. The molecule has 0 N–H and O–H groups in total. The van der Waals surface area contributed by atoms with E-state index in [2.05, 4.69) is 62.3 Å². The van der Waals surface area contributed by atoms with Crippen LogP contribution in [0, 0.1) is 39.9 Å². The van der Waals surface area contributed by atoms with Gasteiger partial charge in [-0.05, 0) is 84.9 Å². The van der Waals surface area contributed by atoms with Gasteiger partial charge >= 0.3 is 0 Å².